The molecular weight excluding hydrogens is 294 g/mol. The molecular formula is C17H23N3O3. The summed E-state index contributed by atoms with van der Waals surface area (Å²) in [4.78, 5) is 24.8. The van der Waals surface area contributed by atoms with Gasteiger partial charge in [-0.25, -0.2) is 4.68 Å². The van der Waals surface area contributed by atoms with E-state index in [4.69, 9.17) is 4.74 Å². The van der Waals surface area contributed by atoms with Gasteiger partial charge in [0.25, 0.3) is 5.56 Å². The van der Waals surface area contributed by atoms with E-state index in [1.807, 2.05) is 0 Å². The molecule has 1 saturated heterocycles. The second kappa shape index (κ2) is 6.07. The lowest BCUT2D eigenvalue weighted by atomic mass is 10.1. The lowest BCUT2D eigenvalue weighted by molar-refractivity contribution is -0.125. The minimum absolute atomic E-state index is 0.0822. The van der Waals surface area contributed by atoms with Crippen molar-refractivity contribution in [2.45, 2.75) is 57.0 Å². The molecule has 6 heteroatoms. The molecule has 1 aromatic heterocycles. The van der Waals surface area contributed by atoms with Crippen molar-refractivity contribution in [2.24, 2.45) is 5.92 Å². The van der Waals surface area contributed by atoms with Crippen LogP contribution in [0.2, 0.25) is 0 Å². The maximum atomic E-state index is 12.4. The summed E-state index contributed by atoms with van der Waals surface area (Å²) in [5, 5.41) is 7.66. The van der Waals surface area contributed by atoms with Crippen LogP contribution in [0, 0.1) is 5.92 Å². The predicted octanol–water partition coefficient (Wildman–Crippen LogP) is 0.978. The number of aryl methyl sites for hydroxylation is 2. The van der Waals surface area contributed by atoms with E-state index >= 15 is 0 Å². The lowest BCUT2D eigenvalue weighted by Gasteiger charge is -2.22. The number of aromatic nitrogens is 2. The molecule has 2 unspecified atom stereocenters. The third kappa shape index (κ3) is 2.80. The number of carbonyl (C=O) groups is 1. The van der Waals surface area contributed by atoms with Crippen molar-refractivity contribution in [1.82, 2.24) is 15.1 Å². The number of fused-ring (bicyclic) bond motifs is 1. The zero-order valence-corrected chi connectivity index (χ0v) is 13.3. The number of carbonyl (C=O) groups excluding carboxylic acids is 1. The number of ether oxygens (including phenoxy) is 1. The number of rotatable bonds is 3. The minimum atomic E-state index is -0.196. The second-order valence-corrected chi connectivity index (χ2v) is 6.95. The molecule has 2 heterocycles. The van der Waals surface area contributed by atoms with Crippen LogP contribution in [-0.2, 0) is 22.4 Å². The van der Waals surface area contributed by atoms with Crippen LogP contribution in [-0.4, -0.2) is 34.9 Å². The van der Waals surface area contributed by atoms with Crippen LogP contribution >= 0.6 is 0 Å². The van der Waals surface area contributed by atoms with E-state index < -0.39 is 0 Å². The third-order valence-corrected chi connectivity index (χ3v) is 5.40. The first kappa shape index (κ1) is 14.9. The van der Waals surface area contributed by atoms with E-state index in [-0.39, 0.29) is 29.5 Å². The maximum absolute atomic E-state index is 12.4. The molecule has 0 radical (unpaired) electrons. The van der Waals surface area contributed by atoms with Crippen molar-refractivity contribution < 1.29 is 9.53 Å². The molecule has 2 aliphatic carbocycles. The van der Waals surface area contributed by atoms with E-state index in [1.54, 1.807) is 6.07 Å². The fourth-order valence-corrected chi connectivity index (χ4v) is 4.06. The van der Waals surface area contributed by atoms with Crippen LogP contribution in [0.5, 0.6) is 0 Å². The highest BCUT2D eigenvalue weighted by molar-refractivity contribution is 5.79. The largest absolute Gasteiger partial charge is 0.377 e. The summed E-state index contributed by atoms with van der Waals surface area (Å²) >= 11 is 0. The summed E-state index contributed by atoms with van der Waals surface area (Å²) in [6, 6.07) is 1.36. The average Bonchev–Trinajstić information content (AvgIpc) is 3.27. The summed E-state index contributed by atoms with van der Waals surface area (Å²) < 4.78 is 7.09. The Balaban J connectivity index is 1.53. The lowest BCUT2D eigenvalue weighted by Crippen LogP contribution is -2.45. The number of nitrogens with one attached hydrogen (secondary N) is 1. The molecule has 23 heavy (non-hydrogen) atoms. The zero-order chi connectivity index (χ0) is 15.8. The second-order valence-electron chi connectivity index (χ2n) is 6.95. The Morgan fingerprint density at radius 1 is 1.22 bits per heavy atom. The fraction of sp³-hybridized carbons (Fsp3) is 0.706. The molecule has 1 amide bonds. The van der Waals surface area contributed by atoms with Gasteiger partial charge in [0.15, 0.2) is 0 Å². The van der Waals surface area contributed by atoms with Crippen LogP contribution < -0.4 is 10.9 Å². The average molecular weight is 317 g/mol. The van der Waals surface area contributed by atoms with Gasteiger partial charge in [0.1, 0.15) is 6.04 Å². The van der Waals surface area contributed by atoms with Gasteiger partial charge in [0.2, 0.25) is 5.91 Å². The van der Waals surface area contributed by atoms with Crippen LogP contribution in [0.15, 0.2) is 10.9 Å². The van der Waals surface area contributed by atoms with E-state index in [9.17, 15) is 9.59 Å². The van der Waals surface area contributed by atoms with Crippen LogP contribution in [0.3, 0.4) is 0 Å². The van der Waals surface area contributed by atoms with Gasteiger partial charge in [-0.1, -0.05) is 12.8 Å². The molecule has 4 rings (SSSR count). The molecule has 1 aromatic rings. The van der Waals surface area contributed by atoms with Gasteiger partial charge in [0, 0.05) is 12.0 Å². The van der Waals surface area contributed by atoms with Crippen molar-refractivity contribution in [3.63, 3.8) is 0 Å². The van der Waals surface area contributed by atoms with Gasteiger partial charge in [0.05, 0.1) is 24.9 Å². The smallest absolute Gasteiger partial charge is 0.267 e. The highest BCUT2D eigenvalue weighted by atomic mass is 16.5. The van der Waals surface area contributed by atoms with Gasteiger partial charge < -0.3 is 10.1 Å². The first-order chi connectivity index (χ1) is 11.2. The number of amides is 1. The monoisotopic (exact) mass is 317 g/mol. The quantitative estimate of drug-likeness (QED) is 0.902. The Morgan fingerprint density at radius 3 is 2.87 bits per heavy atom. The van der Waals surface area contributed by atoms with Gasteiger partial charge in [-0.2, -0.15) is 5.10 Å². The van der Waals surface area contributed by atoms with Crippen molar-refractivity contribution in [1.29, 1.82) is 0 Å². The van der Waals surface area contributed by atoms with Gasteiger partial charge in [-0.05, 0) is 37.7 Å². The molecule has 2 atom stereocenters. The summed E-state index contributed by atoms with van der Waals surface area (Å²) in [7, 11) is 0. The molecule has 6 nitrogen and oxygen atoms in total. The van der Waals surface area contributed by atoms with Crippen LogP contribution in [0.4, 0.5) is 0 Å². The minimum Gasteiger partial charge on any atom is -0.377 e. The van der Waals surface area contributed by atoms with E-state index in [0.29, 0.717) is 13.2 Å². The molecule has 1 aliphatic heterocycles. The maximum Gasteiger partial charge on any atom is 0.267 e. The first-order valence-electron chi connectivity index (χ1n) is 8.72. The van der Waals surface area contributed by atoms with Crippen molar-refractivity contribution >= 4 is 5.91 Å². The molecule has 2 fully saturated rings. The van der Waals surface area contributed by atoms with Gasteiger partial charge in [-0.3, -0.25) is 9.59 Å². The van der Waals surface area contributed by atoms with E-state index in [2.05, 4.69) is 10.4 Å². The molecule has 0 bridgehead atoms. The molecule has 1 N–H and O–H groups in total. The Bertz CT molecular complexity index is 664. The SMILES string of the molecule is O=C(NC1COCC1n1nc2c(cc1=O)CCC2)C1CCCC1. The van der Waals surface area contributed by atoms with Gasteiger partial charge in [-0.15, -0.1) is 0 Å². The highest BCUT2D eigenvalue weighted by Crippen LogP contribution is 2.26. The Kier molecular flexibility index (Phi) is 3.93. The van der Waals surface area contributed by atoms with Crippen molar-refractivity contribution in [3.8, 4) is 0 Å². The normalized spacial score (nSPS) is 27.3. The summed E-state index contributed by atoms with van der Waals surface area (Å²) in [6.45, 7) is 0.885. The van der Waals surface area contributed by atoms with Gasteiger partial charge >= 0.3 is 0 Å². The molecule has 0 aromatic carbocycles. The highest BCUT2D eigenvalue weighted by Gasteiger charge is 2.35. The van der Waals surface area contributed by atoms with Crippen molar-refractivity contribution in [2.75, 3.05) is 13.2 Å². The molecule has 1 saturated carbocycles. The third-order valence-electron chi connectivity index (χ3n) is 5.40. The Labute approximate surface area is 135 Å². The number of hydrogen-bond donors (Lipinski definition) is 1. The summed E-state index contributed by atoms with van der Waals surface area (Å²) in [5.74, 6) is 0.234. The first-order valence-corrected chi connectivity index (χ1v) is 8.72. The van der Waals surface area contributed by atoms with E-state index in [1.165, 1.54) is 4.68 Å². The zero-order valence-electron chi connectivity index (χ0n) is 13.3. The fourth-order valence-electron chi connectivity index (χ4n) is 4.06. The Hall–Kier alpha value is -1.69. The summed E-state index contributed by atoms with van der Waals surface area (Å²) in [5.41, 5.74) is 2.02. The van der Waals surface area contributed by atoms with Crippen molar-refractivity contribution in [3.05, 3.63) is 27.7 Å². The molecule has 0 spiro atoms. The Morgan fingerprint density at radius 2 is 2.04 bits per heavy atom. The topological polar surface area (TPSA) is 73.2 Å². The molecule has 3 aliphatic rings. The number of nitrogens with zero attached hydrogens (tertiary/aromatic N) is 2. The summed E-state index contributed by atoms with van der Waals surface area (Å²) in [6.07, 6.45) is 7.16. The van der Waals surface area contributed by atoms with Crippen LogP contribution in [0.1, 0.15) is 49.4 Å². The molecule has 124 valence electrons. The van der Waals surface area contributed by atoms with E-state index in [0.717, 1.165) is 56.2 Å². The predicted molar refractivity (Wildman–Crippen MR) is 84.3 cm³/mol. The standard InChI is InChI=1S/C17H23N3O3/c21-16-8-12-6-3-7-13(12)19-20(16)15-10-23-9-14(15)18-17(22)11-4-1-2-5-11/h8,11,14-15H,1-7,9-10H2,(H,18,22). The number of hydrogen-bond acceptors (Lipinski definition) is 4. The van der Waals surface area contributed by atoms with Crippen LogP contribution in [0.25, 0.3) is 0 Å².